The van der Waals surface area contributed by atoms with E-state index in [0.29, 0.717) is 17.1 Å². The number of sulfonamides is 1. The van der Waals surface area contributed by atoms with Crippen LogP contribution >= 0.6 is 11.6 Å². The van der Waals surface area contributed by atoms with Crippen LogP contribution in [0, 0.1) is 0 Å². The molecule has 0 N–H and O–H groups in total. The Bertz CT molecular complexity index is 1210. The summed E-state index contributed by atoms with van der Waals surface area (Å²) in [5, 5.41) is 0.552. The minimum absolute atomic E-state index is 0.0485. The third kappa shape index (κ3) is 3.93. The lowest BCUT2D eigenvalue weighted by atomic mass is 10.1. The smallest absolute Gasteiger partial charge is 0.338 e. The minimum atomic E-state index is -3.82. The van der Waals surface area contributed by atoms with Gasteiger partial charge in [0, 0.05) is 11.1 Å². The standard InChI is InChI=1S/C23H20ClNO4S/c1-16-12-18-7-2-3-11-22(18)25(16)30(27,28)21-10-5-8-19(14-21)23(26)29-15-17-6-4-9-20(24)13-17/h2-11,13-14,16H,12,15H2,1H3. The number of ether oxygens (including phenoxy) is 1. The second-order valence-electron chi connectivity index (χ2n) is 7.22. The van der Waals surface area contributed by atoms with Gasteiger partial charge in [0.25, 0.3) is 10.0 Å². The molecule has 0 aromatic heterocycles. The molecule has 0 saturated heterocycles. The lowest BCUT2D eigenvalue weighted by Gasteiger charge is -2.24. The topological polar surface area (TPSA) is 63.7 Å². The van der Waals surface area contributed by atoms with E-state index < -0.39 is 16.0 Å². The zero-order valence-electron chi connectivity index (χ0n) is 16.3. The molecule has 0 spiro atoms. The maximum atomic E-state index is 13.4. The predicted octanol–water partition coefficient (Wildman–Crippen LogP) is 4.84. The summed E-state index contributed by atoms with van der Waals surface area (Å²) in [6.07, 6.45) is 0.650. The van der Waals surface area contributed by atoms with Crippen LogP contribution in [-0.4, -0.2) is 20.4 Å². The van der Waals surface area contributed by atoms with Crippen LogP contribution < -0.4 is 4.31 Å². The SMILES string of the molecule is CC1Cc2ccccc2N1S(=O)(=O)c1cccc(C(=O)OCc2cccc(Cl)c2)c1. The van der Waals surface area contributed by atoms with Gasteiger partial charge in [0.05, 0.1) is 16.1 Å². The van der Waals surface area contributed by atoms with E-state index in [1.54, 1.807) is 42.5 Å². The number of benzene rings is 3. The maximum absolute atomic E-state index is 13.4. The van der Waals surface area contributed by atoms with Crippen LogP contribution in [0.3, 0.4) is 0 Å². The van der Waals surface area contributed by atoms with Gasteiger partial charge in [0.15, 0.2) is 0 Å². The second-order valence-corrected chi connectivity index (χ2v) is 9.47. The molecular weight excluding hydrogens is 422 g/mol. The third-order valence-electron chi connectivity index (χ3n) is 5.03. The molecule has 1 unspecified atom stereocenters. The van der Waals surface area contributed by atoms with Gasteiger partial charge in [-0.05, 0) is 60.9 Å². The number of esters is 1. The number of anilines is 1. The van der Waals surface area contributed by atoms with E-state index in [-0.39, 0.29) is 23.1 Å². The molecule has 4 rings (SSSR count). The summed E-state index contributed by atoms with van der Waals surface area (Å²) in [6.45, 7) is 1.92. The first-order chi connectivity index (χ1) is 14.4. The maximum Gasteiger partial charge on any atom is 0.338 e. The first kappa shape index (κ1) is 20.4. The van der Waals surface area contributed by atoms with Crippen LogP contribution in [0.4, 0.5) is 5.69 Å². The Hall–Kier alpha value is -2.83. The number of rotatable bonds is 5. The highest BCUT2D eigenvalue weighted by Crippen LogP contribution is 2.36. The van der Waals surface area contributed by atoms with E-state index in [2.05, 4.69) is 0 Å². The number of halogens is 1. The van der Waals surface area contributed by atoms with Gasteiger partial charge in [0.2, 0.25) is 0 Å². The number of carbonyl (C=O) groups excluding carboxylic acids is 1. The molecule has 30 heavy (non-hydrogen) atoms. The van der Waals surface area contributed by atoms with E-state index >= 15 is 0 Å². The molecule has 0 radical (unpaired) electrons. The summed E-state index contributed by atoms with van der Waals surface area (Å²) in [7, 11) is -3.82. The molecule has 1 heterocycles. The number of para-hydroxylation sites is 1. The normalized spacial score (nSPS) is 15.7. The van der Waals surface area contributed by atoms with Crippen LogP contribution in [0.5, 0.6) is 0 Å². The van der Waals surface area contributed by atoms with E-state index in [0.717, 1.165) is 11.1 Å². The van der Waals surface area contributed by atoms with Crippen molar-refractivity contribution in [3.63, 3.8) is 0 Å². The third-order valence-corrected chi connectivity index (χ3v) is 7.19. The predicted molar refractivity (Wildman–Crippen MR) is 116 cm³/mol. The molecule has 0 fully saturated rings. The van der Waals surface area contributed by atoms with Crippen LogP contribution in [0.2, 0.25) is 5.02 Å². The van der Waals surface area contributed by atoms with Crippen molar-refractivity contribution in [2.24, 2.45) is 0 Å². The van der Waals surface area contributed by atoms with Gasteiger partial charge in [-0.15, -0.1) is 0 Å². The molecule has 5 nitrogen and oxygen atoms in total. The van der Waals surface area contributed by atoms with Gasteiger partial charge in [-0.3, -0.25) is 4.31 Å². The average Bonchev–Trinajstić information content (AvgIpc) is 3.08. The zero-order chi connectivity index (χ0) is 21.3. The fourth-order valence-electron chi connectivity index (χ4n) is 3.66. The molecule has 0 aliphatic carbocycles. The molecule has 154 valence electrons. The van der Waals surface area contributed by atoms with Crippen LogP contribution in [0.15, 0.2) is 77.7 Å². The Morgan fingerprint density at radius 1 is 1.07 bits per heavy atom. The van der Waals surface area contributed by atoms with Crippen molar-refractivity contribution < 1.29 is 17.9 Å². The first-order valence-electron chi connectivity index (χ1n) is 9.50. The molecule has 0 amide bonds. The van der Waals surface area contributed by atoms with Crippen molar-refractivity contribution in [1.82, 2.24) is 0 Å². The summed E-state index contributed by atoms with van der Waals surface area (Å²) in [4.78, 5) is 12.6. The van der Waals surface area contributed by atoms with Crippen LogP contribution in [-0.2, 0) is 27.8 Å². The highest BCUT2D eigenvalue weighted by atomic mass is 35.5. The number of hydrogen-bond donors (Lipinski definition) is 0. The van der Waals surface area contributed by atoms with Crippen molar-refractivity contribution in [2.45, 2.75) is 30.9 Å². The summed E-state index contributed by atoms with van der Waals surface area (Å²) in [5.41, 5.74) is 2.60. The molecular formula is C23H20ClNO4S. The average molecular weight is 442 g/mol. The number of hydrogen-bond acceptors (Lipinski definition) is 4. The van der Waals surface area contributed by atoms with Crippen molar-refractivity contribution in [3.8, 4) is 0 Å². The van der Waals surface area contributed by atoms with Crippen molar-refractivity contribution in [2.75, 3.05) is 4.31 Å². The van der Waals surface area contributed by atoms with Gasteiger partial charge in [-0.2, -0.15) is 0 Å². The Kier molecular flexibility index (Phi) is 5.54. The first-order valence-corrected chi connectivity index (χ1v) is 11.3. The molecule has 3 aromatic carbocycles. The Morgan fingerprint density at radius 3 is 2.63 bits per heavy atom. The lowest BCUT2D eigenvalue weighted by Crippen LogP contribution is -2.35. The van der Waals surface area contributed by atoms with E-state index in [1.165, 1.54) is 16.4 Å². The van der Waals surface area contributed by atoms with Crippen LogP contribution in [0.1, 0.15) is 28.4 Å². The molecule has 1 aliphatic rings. The van der Waals surface area contributed by atoms with E-state index in [9.17, 15) is 13.2 Å². The fourth-order valence-corrected chi connectivity index (χ4v) is 5.61. The van der Waals surface area contributed by atoms with Gasteiger partial charge in [0.1, 0.15) is 6.61 Å². The molecule has 1 atom stereocenters. The molecule has 0 bridgehead atoms. The highest BCUT2D eigenvalue weighted by Gasteiger charge is 2.36. The Balaban J connectivity index is 1.57. The number of fused-ring (bicyclic) bond motifs is 1. The molecule has 1 aliphatic heterocycles. The summed E-state index contributed by atoms with van der Waals surface area (Å²) < 4.78 is 33.5. The number of carbonyl (C=O) groups is 1. The molecule has 7 heteroatoms. The van der Waals surface area contributed by atoms with E-state index in [1.807, 2.05) is 25.1 Å². The lowest BCUT2D eigenvalue weighted by molar-refractivity contribution is 0.0472. The summed E-state index contributed by atoms with van der Waals surface area (Å²) in [5.74, 6) is -0.595. The van der Waals surface area contributed by atoms with E-state index in [4.69, 9.17) is 16.3 Å². The Labute approximate surface area is 180 Å². The summed E-state index contributed by atoms with van der Waals surface area (Å²) in [6, 6.07) is 20.2. The second kappa shape index (κ2) is 8.13. The largest absolute Gasteiger partial charge is 0.457 e. The molecule has 3 aromatic rings. The molecule has 0 saturated carbocycles. The monoisotopic (exact) mass is 441 g/mol. The fraction of sp³-hybridized carbons (Fsp3) is 0.174. The van der Waals surface area contributed by atoms with Gasteiger partial charge < -0.3 is 4.74 Å². The van der Waals surface area contributed by atoms with Gasteiger partial charge in [-0.25, -0.2) is 13.2 Å². The highest BCUT2D eigenvalue weighted by molar-refractivity contribution is 7.92. The minimum Gasteiger partial charge on any atom is -0.457 e. The van der Waals surface area contributed by atoms with Gasteiger partial charge in [-0.1, -0.05) is 48.0 Å². The zero-order valence-corrected chi connectivity index (χ0v) is 17.9. The summed E-state index contributed by atoms with van der Waals surface area (Å²) >= 11 is 5.95. The quantitative estimate of drug-likeness (QED) is 0.531. The van der Waals surface area contributed by atoms with Crippen molar-refractivity contribution in [1.29, 1.82) is 0 Å². The Morgan fingerprint density at radius 2 is 1.83 bits per heavy atom. The van der Waals surface area contributed by atoms with Crippen molar-refractivity contribution in [3.05, 3.63) is 94.5 Å². The number of nitrogens with zero attached hydrogens (tertiary/aromatic N) is 1. The van der Waals surface area contributed by atoms with Crippen molar-refractivity contribution >= 4 is 33.3 Å². The van der Waals surface area contributed by atoms with Crippen LogP contribution in [0.25, 0.3) is 0 Å². The van der Waals surface area contributed by atoms with Gasteiger partial charge >= 0.3 is 5.97 Å².